The van der Waals surface area contributed by atoms with Gasteiger partial charge in [0, 0.05) is 23.3 Å². The largest absolute Gasteiger partial charge is 0.467 e. The number of carbonyl (C=O) groups is 2. The lowest BCUT2D eigenvalue weighted by molar-refractivity contribution is -0.139. The second-order valence-corrected chi connectivity index (χ2v) is 6.75. The first-order chi connectivity index (χ1) is 13.5. The van der Waals surface area contributed by atoms with Crippen LogP contribution >= 0.6 is 11.6 Å². The zero-order chi connectivity index (χ0) is 20.1. The van der Waals surface area contributed by atoms with Crippen LogP contribution in [0.15, 0.2) is 58.3 Å². The summed E-state index contributed by atoms with van der Waals surface area (Å²) in [6.45, 7) is 4.19. The fourth-order valence-corrected chi connectivity index (χ4v) is 3.22. The molecule has 0 aliphatic carbocycles. The minimum absolute atomic E-state index is 0.0523. The molecule has 3 rings (SSSR count). The van der Waals surface area contributed by atoms with E-state index in [4.69, 9.17) is 20.8 Å². The summed E-state index contributed by atoms with van der Waals surface area (Å²) in [6.07, 6.45) is 1.49. The van der Waals surface area contributed by atoms with Crippen molar-refractivity contribution < 1.29 is 18.7 Å². The van der Waals surface area contributed by atoms with Gasteiger partial charge in [0.05, 0.1) is 18.4 Å². The Morgan fingerprint density at radius 1 is 1.36 bits per heavy atom. The van der Waals surface area contributed by atoms with Crippen molar-refractivity contribution >= 4 is 23.6 Å². The van der Waals surface area contributed by atoms with Crippen LogP contribution in [0.5, 0.6) is 0 Å². The molecular formula is C20H22ClN3O4. The Balaban J connectivity index is 1.87. The van der Waals surface area contributed by atoms with Crippen molar-refractivity contribution in [3.63, 3.8) is 0 Å². The van der Waals surface area contributed by atoms with E-state index in [2.05, 4.69) is 16.0 Å². The monoisotopic (exact) mass is 403 g/mol. The molecule has 0 spiro atoms. The number of carbonyl (C=O) groups excluding carboxylic acids is 2. The molecule has 0 fully saturated rings. The molecule has 1 aliphatic rings. The summed E-state index contributed by atoms with van der Waals surface area (Å²) in [4.78, 5) is 24.8. The fourth-order valence-electron chi connectivity index (χ4n) is 3.03. The Bertz CT molecular complexity index is 879. The van der Waals surface area contributed by atoms with Gasteiger partial charge in [-0.3, -0.25) is 0 Å². The molecule has 1 aromatic heterocycles. The van der Waals surface area contributed by atoms with Gasteiger partial charge in [0.15, 0.2) is 0 Å². The maximum atomic E-state index is 12.6. The number of hydrogen-bond donors (Lipinski definition) is 3. The number of benzene rings is 1. The van der Waals surface area contributed by atoms with Gasteiger partial charge in [-0.2, -0.15) is 0 Å². The Morgan fingerprint density at radius 3 is 2.86 bits per heavy atom. The molecule has 2 amide bonds. The Kier molecular flexibility index (Phi) is 6.38. The van der Waals surface area contributed by atoms with E-state index in [0.717, 1.165) is 5.56 Å². The van der Waals surface area contributed by atoms with E-state index in [-0.39, 0.29) is 19.2 Å². The highest BCUT2D eigenvalue weighted by Gasteiger charge is 2.35. The molecule has 0 saturated heterocycles. The lowest BCUT2D eigenvalue weighted by Gasteiger charge is -2.28. The summed E-state index contributed by atoms with van der Waals surface area (Å²) in [5, 5.41) is 9.39. The summed E-state index contributed by atoms with van der Waals surface area (Å²) >= 11 is 6.06. The van der Waals surface area contributed by atoms with Crippen LogP contribution in [0.1, 0.15) is 37.3 Å². The highest BCUT2D eigenvalue weighted by Crippen LogP contribution is 2.28. The van der Waals surface area contributed by atoms with Gasteiger partial charge >= 0.3 is 12.0 Å². The third kappa shape index (κ3) is 4.55. The minimum Gasteiger partial charge on any atom is -0.467 e. The molecule has 8 heteroatoms. The van der Waals surface area contributed by atoms with Crippen molar-refractivity contribution in [2.45, 2.75) is 25.9 Å². The number of hydrogen-bond acceptors (Lipinski definition) is 5. The lowest BCUT2D eigenvalue weighted by atomic mass is 9.99. The normalized spacial score (nSPS) is 17.7. The summed E-state index contributed by atoms with van der Waals surface area (Å²) in [5.41, 5.74) is 1.74. The molecule has 7 nitrogen and oxygen atoms in total. The third-order valence-electron chi connectivity index (χ3n) is 4.41. The maximum Gasteiger partial charge on any atom is 0.338 e. The van der Waals surface area contributed by atoms with E-state index >= 15 is 0 Å². The van der Waals surface area contributed by atoms with Crippen LogP contribution in [0.2, 0.25) is 5.02 Å². The molecule has 2 atom stereocenters. The first-order valence-electron chi connectivity index (χ1n) is 8.99. The summed E-state index contributed by atoms with van der Waals surface area (Å²) in [6, 6.07) is 9.72. The fraction of sp³-hybridized carbons (Fsp3) is 0.300. The molecule has 1 aliphatic heterocycles. The van der Waals surface area contributed by atoms with Crippen LogP contribution in [0.4, 0.5) is 4.79 Å². The molecular weight excluding hydrogens is 382 g/mol. The minimum atomic E-state index is -0.721. The lowest BCUT2D eigenvalue weighted by Crippen LogP contribution is -2.48. The van der Waals surface area contributed by atoms with Gasteiger partial charge in [0.1, 0.15) is 11.8 Å². The maximum absolute atomic E-state index is 12.6. The van der Waals surface area contributed by atoms with E-state index in [1.54, 1.807) is 25.1 Å². The quantitative estimate of drug-likeness (QED) is 0.616. The predicted octanol–water partition coefficient (Wildman–Crippen LogP) is 3.45. The van der Waals surface area contributed by atoms with Gasteiger partial charge in [-0.15, -0.1) is 0 Å². The Morgan fingerprint density at radius 2 is 2.18 bits per heavy atom. The highest BCUT2D eigenvalue weighted by molar-refractivity contribution is 6.30. The second kappa shape index (κ2) is 8.95. The van der Waals surface area contributed by atoms with E-state index in [9.17, 15) is 9.59 Å². The van der Waals surface area contributed by atoms with Crippen molar-refractivity contribution in [1.29, 1.82) is 0 Å². The SMILES string of the molecule is CCOC(=O)C1=C(CN[C@@H](C)c2cccc(Cl)c2)NC(=O)N[C@@H]1c1ccco1. The summed E-state index contributed by atoms with van der Waals surface area (Å²) < 4.78 is 10.6. The summed E-state index contributed by atoms with van der Waals surface area (Å²) in [7, 11) is 0. The van der Waals surface area contributed by atoms with Gasteiger partial charge in [0.2, 0.25) is 0 Å². The standard InChI is InChI=1S/C20H22ClN3O4/c1-3-27-19(25)17-15(11-22-12(2)13-6-4-7-14(21)10-13)23-20(26)24-18(17)16-8-5-9-28-16/h4-10,12,18,22H,3,11H2,1-2H3,(H2,23,24,26)/t12-,18+/m0/s1. The van der Waals surface area contributed by atoms with E-state index in [1.165, 1.54) is 6.26 Å². The van der Waals surface area contributed by atoms with Gasteiger partial charge in [0.25, 0.3) is 0 Å². The molecule has 2 aromatic rings. The topological polar surface area (TPSA) is 92.6 Å². The first kappa shape index (κ1) is 20.0. The van der Waals surface area contributed by atoms with Crippen LogP contribution in [0, 0.1) is 0 Å². The number of rotatable bonds is 7. The van der Waals surface area contributed by atoms with Crippen molar-refractivity contribution in [3.8, 4) is 0 Å². The number of furan rings is 1. The average molecular weight is 404 g/mol. The Hall–Kier alpha value is -2.77. The molecule has 0 unspecified atom stereocenters. The van der Waals surface area contributed by atoms with Crippen LogP contribution < -0.4 is 16.0 Å². The molecule has 3 N–H and O–H groups in total. The molecule has 2 heterocycles. The van der Waals surface area contributed by atoms with Crippen LogP contribution in [-0.2, 0) is 9.53 Å². The van der Waals surface area contributed by atoms with Crippen LogP contribution in [0.25, 0.3) is 0 Å². The molecule has 0 saturated carbocycles. The molecule has 1 aromatic carbocycles. The molecule has 28 heavy (non-hydrogen) atoms. The Labute approximate surface area is 168 Å². The van der Waals surface area contributed by atoms with Crippen LogP contribution in [-0.4, -0.2) is 25.2 Å². The zero-order valence-electron chi connectivity index (χ0n) is 15.6. The highest BCUT2D eigenvalue weighted by atomic mass is 35.5. The van der Waals surface area contributed by atoms with Crippen molar-refractivity contribution in [2.75, 3.05) is 13.2 Å². The van der Waals surface area contributed by atoms with Gasteiger partial charge < -0.3 is 25.1 Å². The number of halogens is 1. The first-order valence-corrected chi connectivity index (χ1v) is 9.37. The number of nitrogens with one attached hydrogen (secondary N) is 3. The van der Waals surface area contributed by atoms with E-state index in [1.807, 2.05) is 25.1 Å². The third-order valence-corrected chi connectivity index (χ3v) is 4.65. The smallest absolute Gasteiger partial charge is 0.338 e. The summed E-state index contributed by atoms with van der Waals surface area (Å²) in [5.74, 6) is -0.0538. The zero-order valence-corrected chi connectivity index (χ0v) is 16.4. The average Bonchev–Trinajstić information content (AvgIpc) is 3.20. The number of amides is 2. The number of ether oxygens (including phenoxy) is 1. The van der Waals surface area contributed by atoms with E-state index < -0.39 is 18.0 Å². The van der Waals surface area contributed by atoms with Crippen molar-refractivity contribution in [1.82, 2.24) is 16.0 Å². The van der Waals surface area contributed by atoms with Crippen LogP contribution in [0.3, 0.4) is 0 Å². The molecule has 148 valence electrons. The van der Waals surface area contributed by atoms with Crippen molar-refractivity contribution in [2.24, 2.45) is 0 Å². The number of esters is 1. The van der Waals surface area contributed by atoms with Crippen molar-refractivity contribution in [3.05, 3.63) is 70.3 Å². The molecule has 0 bridgehead atoms. The predicted molar refractivity (Wildman–Crippen MR) is 105 cm³/mol. The van der Waals surface area contributed by atoms with Gasteiger partial charge in [-0.1, -0.05) is 23.7 Å². The molecule has 0 radical (unpaired) electrons. The van der Waals surface area contributed by atoms with Gasteiger partial charge in [-0.25, -0.2) is 9.59 Å². The second-order valence-electron chi connectivity index (χ2n) is 6.32. The van der Waals surface area contributed by atoms with E-state index in [0.29, 0.717) is 22.1 Å². The van der Waals surface area contributed by atoms with Gasteiger partial charge in [-0.05, 0) is 43.7 Å². The number of urea groups is 1.